The Hall–Kier alpha value is -2.79. The van der Waals surface area contributed by atoms with Crippen LogP contribution in [-0.2, 0) is 16.6 Å². The molecule has 2 aliphatic rings. The summed E-state index contributed by atoms with van der Waals surface area (Å²) in [5.41, 5.74) is 3.10. The number of aliphatic hydroxyl groups excluding tert-OH is 1. The minimum absolute atomic E-state index is 0.00259. The highest BCUT2D eigenvalue weighted by Crippen LogP contribution is 2.58. The van der Waals surface area contributed by atoms with Gasteiger partial charge in [0.15, 0.2) is 11.6 Å². The molecule has 0 heterocycles. The van der Waals surface area contributed by atoms with Gasteiger partial charge in [0.25, 0.3) is 0 Å². The molecule has 4 rings (SSSR count). The molecule has 2 aromatic rings. The number of hydrogen-bond donors (Lipinski definition) is 2. The number of carbonyl (C=O) groups is 3. The summed E-state index contributed by atoms with van der Waals surface area (Å²) in [6, 6.07) is 10.5. The first-order valence-electron chi connectivity index (χ1n) is 12.2. The highest BCUT2D eigenvalue weighted by molar-refractivity contribution is 6.15. The van der Waals surface area contributed by atoms with Gasteiger partial charge in [-0.3, -0.25) is 9.59 Å². The van der Waals surface area contributed by atoms with Crippen molar-refractivity contribution in [2.45, 2.75) is 71.1 Å². The van der Waals surface area contributed by atoms with Crippen LogP contribution in [0.5, 0.6) is 0 Å². The molecule has 2 N–H and O–H groups in total. The number of hydrogen-bond acceptors (Lipinski definition) is 4. The fraction of sp³-hybridized carbons (Fsp3) is 0.483. The summed E-state index contributed by atoms with van der Waals surface area (Å²) in [6.45, 7) is 7.85. The molecule has 5 nitrogen and oxygen atoms in total. The van der Waals surface area contributed by atoms with Crippen molar-refractivity contribution < 1.29 is 24.6 Å². The van der Waals surface area contributed by atoms with Gasteiger partial charge >= 0.3 is 5.97 Å². The average molecular weight is 463 g/mol. The zero-order valence-corrected chi connectivity index (χ0v) is 20.5. The molecule has 0 amide bonds. The van der Waals surface area contributed by atoms with Gasteiger partial charge in [0.05, 0.1) is 5.56 Å². The van der Waals surface area contributed by atoms with E-state index in [1.54, 1.807) is 18.2 Å². The number of aliphatic hydroxyl groups is 1. The van der Waals surface area contributed by atoms with Gasteiger partial charge in [0, 0.05) is 16.5 Å². The number of fused-ring (bicyclic) bond motifs is 3. The van der Waals surface area contributed by atoms with Crippen molar-refractivity contribution >= 4 is 17.5 Å². The van der Waals surface area contributed by atoms with E-state index in [4.69, 9.17) is 0 Å². The number of carboxylic acids is 1. The quantitative estimate of drug-likeness (QED) is 0.568. The predicted octanol–water partition coefficient (Wildman–Crippen LogP) is 5.31. The molecule has 3 unspecified atom stereocenters. The van der Waals surface area contributed by atoms with Gasteiger partial charge in [-0.05, 0) is 71.8 Å². The third kappa shape index (κ3) is 3.70. The highest BCUT2D eigenvalue weighted by Gasteiger charge is 2.54. The fourth-order valence-electron chi connectivity index (χ4n) is 6.74. The number of carbonyl (C=O) groups excluding carboxylic acids is 2. The fourth-order valence-corrected chi connectivity index (χ4v) is 6.74. The smallest absolute Gasteiger partial charge is 0.336 e. The molecule has 34 heavy (non-hydrogen) atoms. The molecular weight excluding hydrogens is 428 g/mol. The molecule has 3 atom stereocenters. The number of carboxylic acid groups (broad SMARTS) is 1. The van der Waals surface area contributed by atoms with E-state index < -0.39 is 18.0 Å². The number of ketones is 2. The number of aromatic carboxylic acids is 1. The summed E-state index contributed by atoms with van der Waals surface area (Å²) < 4.78 is 0. The van der Waals surface area contributed by atoms with Crippen molar-refractivity contribution in [1.82, 2.24) is 0 Å². The third-order valence-corrected chi connectivity index (χ3v) is 8.57. The summed E-state index contributed by atoms with van der Waals surface area (Å²) in [5.74, 6) is -1.32. The zero-order valence-electron chi connectivity index (χ0n) is 20.5. The van der Waals surface area contributed by atoms with Gasteiger partial charge in [-0.25, -0.2) is 4.79 Å². The molecule has 1 fully saturated rings. The first-order chi connectivity index (χ1) is 16.0. The third-order valence-electron chi connectivity index (χ3n) is 8.57. The summed E-state index contributed by atoms with van der Waals surface area (Å²) in [6.07, 6.45) is 4.26. The Morgan fingerprint density at radius 1 is 1.03 bits per heavy atom. The van der Waals surface area contributed by atoms with Crippen molar-refractivity contribution in [3.05, 3.63) is 69.8 Å². The lowest BCUT2D eigenvalue weighted by Crippen LogP contribution is -2.53. The molecule has 0 aromatic heterocycles. The van der Waals surface area contributed by atoms with E-state index in [0.717, 1.165) is 43.2 Å². The van der Waals surface area contributed by atoms with Crippen molar-refractivity contribution in [1.29, 1.82) is 0 Å². The predicted molar refractivity (Wildman–Crippen MR) is 131 cm³/mol. The second-order valence-corrected chi connectivity index (χ2v) is 10.8. The Kier molecular flexibility index (Phi) is 6.28. The number of benzene rings is 2. The van der Waals surface area contributed by atoms with Crippen molar-refractivity contribution in [3.8, 4) is 0 Å². The van der Waals surface area contributed by atoms with Crippen LogP contribution < -0.4 is 0 Å². The molecule has 2 aromatic carbocycles. The zero-order chi connectivity index (χ0) is 24.8. The van der Waals surface area contributed by atoms with Crippen LogP contribution in [-0.4, -0.2) is 34.4 Å². The maximum absolute atomic E-state index is 13.8. The van der Waals surface area contributed by atoms with E-state index in [1.165, 1.54) is 11.6 Å². The topological polar surface area (TPSA) is 91.7 Å². The molecule has 2 aliphatic carbocycles. The average Bonchev–Trinajstić information content (AvgIpc) is 2.82. The number of Topliss-reactive ketones (excluding diaryl/α,β-unsaturated/α-hetero) is 1. The van der Waals surface area contributed by atoms with Crippen LogP contribution >= 0.6 is 0 Å². The van der Waals surface area contributed by atoms with E-state index in [2.05, 4.69) is 13.0 Å². The van der Waals surface area contributed by atoms with Gasteiger partial charge in [0.1, 0.15) is 6.61 Å². The van der Waals surface area contributed by atoms with Crippen LogP contribution in [0, 0.1) is 11.3 Å². The van der Waals surface area contributed by atoms with Gasteiger partial charge < -0.3 is 10.2 Å². The van der Waals surface area contributed by atoms with Crippen LogP contribution in [0.2, 0.25) is 0 Å². The minimum atomic E-state index is -1.12. The van der Waals surface area contributed by atoms with E-state index in [-0.39, 0.29) is 39.9 Å². The lowest BCUT2D eigenvalue weighted by atomic mass is 9.48. The number of aryl methyl sites for hydroxylation is 1. The second-order valence-electron chi connectivity index (χ2n) is 10.8. The van der Waals surface area contributed by atoms with E-state index in [0.29, 0.717) is 5.56 Å². The second kappa shape index (κ2) is 8.77. The van der Waals surface area contributed by atoms with Gasteiger partial charge in [0.2, 0.25) is 0 Å². The van der Waals surface area contributed by atoms with Gasteiger partial charge in [-0.2, -0.15) is 0 Å². The lowest BCUT2D eigenvalue weighted by Gasteiger charge is -2.54. The molecule has 0 radical (unpaired) electrons. The van der Waals surface area contributed by atoms with Crippen molar-refractivity contribution in [2.75, 3.05) is 6.61 Å². The first kappa shape index (κ1) is 24.3. The maximum Gasteiger partial charge on any atom is 0.336 e. The molecular formula is C29H34O5. The summed E-state index contributed by atoms with van der Waals surface area (Å²) in [7, 11) is 0. The normalized spacial score (nSPS) is 26.0. The summed E-state index contributed by atoms with van der Waals surface area (Å²) >= 11 is 0. The van der Waals surface area contributed by atoms with Crippen LogP contribution in [0.15, 0.2) is 36.4 Å². The Morgan fingerprint density at radius 3 is 2.32 bits per heavy atom. The molecule has 0 spiro atoms. The Bertz CT molecular complexity index is 1160. The maximum atomic E-state index is 13.8. The highest BCUT2D eigenvalue weighted by atomic mass is 16.4. The van der Waals surface area contributed by atoms with Crippen LogP contribution in [0.4, 0.5) is 0 Å². The molecule has 1 saturated carbocycles. The van der Waals surface area contributed by atoms with E-state index >= 15 is 0 Å². The minimum Gasteiger partial charge on any atom is -0.478 e. The summed E-state index contributed by atoms with van der Waals surface area (Å²) in [5, 5.41) is 19.3. The van der Waals surface area contributed by atoms with Crippen molar-refractivity contribution in [3.63, 3.8) is 0 Å². The van der Waals surface area contributed by atoms with Gasteiger partial charge in [-0.1, -0.05) is 58.4 Å². The van der Waals surface area contributed by atoms with Gasteiger partial charge in [-0.15, -0.1) is 0 Å². The molecule has 0 aliphatic heterocycles. The molecule has 5 heteroatoms. The molecule has 0 bridgehead atoms. The SMILES string of the molecule is CC(C)c1cc2c(cc1C(=O)c1ccccc1C(=O)O)C1(C)CCCC(C)(C(=O)CO)C1CC2. The van der Waals surface area contributed by atoms with Crippen molar-refractivity contribution in [2.24, 2.45) is 11.3 Å². The first-order valence-corrected chi connectivity index (χ1v) is 12.2. The largest absolute Gasteiger partial charge is 0.478 e. The monoisotopic (exact) mass is 462 g/mol. The Morgan fingerprint density at radius 2 is 1.71 bits per heavy atom. The van der Waals surface area contributed by atoms with E-state index in [9.17, 15) is 24.6 Å². The lowest BCUT2D eigenvalue weighted by molar-refractivity contribution is -0.139. The molecule has 0 saturated heterocycles. The van der Waals surface area contributed by atoms with E-state index in [1.807, 2.05) is 26.8 Å². The van der Waals surface area contributed by atoms with Crippen LogP contribution in [0.3, 0.4) is 0 Å². The Labute approximate surface area is 201 Å². The number of rotatable bonds is 6. The standard InChI is InChI=1S/C29H34O5/c1-17(2)21-14-18-10-11-24-28(3,12-7-13-29(24,4)25(31)16-30)23(18)15-22(21)26(32)19-8-5-6-9-20(19)27(33)34/h5-6,8-9,14-15,17,24,30H,7,10-13,16H2,1-4H3,(H,33,34). The summed E-state index contributed by atoms with van der Waals surface area (Å²) in [4.78, 5) is 38.4. The van der Waals surface area contributed by atoms with Crippen LogP contribution in [0.1, 0.15) is 102 Å². The Balaban J connectivity index is 1.89. The molecule has 180 valence electrons. The van der Waals surface area contributed by atoms with Crippen LogP contribution in [0.25, 0.3) is 0 Å².